The minimum atomic E-state index is -0.151. The summed E-state index contributed by atoms with van der Waals surface area (Å²) in [5.41, 5.74) is 1.61. The fourth-order valence-electron chi connectivity index (χ4n) is 4.66. The zero-order chi connectivity index (χ0) is 20.5. The molecule has 0 aliphatic carbocycles. The molecule has 2 atom stereocenters. The molecule has 158 valence electrons. The summed E-state index contributed by atoms with van der Waals surface area (Å²) < 4.78 is 13.0. The quantitative estimate of drug-likeness (QED) is 0.693. The summed E-state index contributed by atoms with van der Waals surface area (Å²) >= 11 is 0. The van der Waals surface area contributed by atoms with Crippen molar-refractivity contribution in [1.82, 2.24) is 24.5 Å². The third-order valence-electron chi connectivity index (χ3n) is 6.28. The van der Waals surface area contributed by atoms with Crippen molar-refractivity contribution in [3.05, 3.63) is 64.1 Å². The summed E-state index contributed by atoms with van der Waals surface area (Å²) in [4.78, 5) is 22.7. The van der Waals surface area contributed by atoms with Gasteiger partial charge in [-0.1, -0.05) is 30.3 Å². The topological polar surface area (TPSA) is 84.8 Å². The van der Waals surface area contributed by atoms with Crippen LogP contribution in [0.15, 0.2) is 41.3 Å². The van der Waals surface area contributed by atoms with Crippen molar-refractivity contribution in [2.24, 2.45) is 0 Å². The van der Waals surface area contributed by atoms with Gasteiger partial charge in [-0.3, -0.25) is 9.69 Å². The molecule has 2 fully saturated rings. The number of likely N-dealkylation sites (tertiary alicyclic amines) is 1. The summed E-state index contributed by atoms with van der Waals surface area (Å²) in [7, 11) is 1.73. The maximum absolute atomic E-state index is 12.8. The number of aromatic amines is 1. The lowest BCUT2D eigenvalue weighted by Crippen LogP contribution is -2.26. The van der Waals surface area contributed by atoms with Gasteiger partial charge in [0.1, 0.15) is 11.6 Å². The number of nitrogens with one attached hydrogen (secondary N) is 1. The molecule has 2 aromatic heterocycles. The minimum absolute atomic E-state index is 0.000696. The van der Waals surface area contributed by atoms with Crippen LogP contribution in [0.2, 0.25) is 0 Å². The first-order valence-corrected chi connectivity index (χ1v) is 10.6. The van der Waals surface area contributed by atoms with Crippen LogP contribution in [0.1, 0.15) is 41.9 Å². The number of nitrogens with zero attached hydrogens (tertiary/aromatic N) is 4. The highest BCUT2D eigenvalue weighted by molar-refractivity contribution is 5.42. The standard InChI is InChI=1S/C22H27N5O3/c1-29-19-14-26(12-15-5-3-2-4-6-15)13-17(19)20-24-22(28)18-11-23-21(27(18)25-20)16-7-9-30-10-8-16/h2-6,11,16-17,19H,7-10,12-14H2,1H3,(H,24,25,28)/t17-,19-/m1/s1. The molecule has 1 N–H and O–H groups in total. The summed E-state index contributed by atoms with van der Waals surface area (Å²) in [6.07, 6.45) is 3.41. The summed E-state index contributed by atoms with van der Waals surface area (Å²) in [6.45, 7) is 3.87. The molecule has 8 nitrogen and oxygen atoms in total. The third kappa shape index (κ3) is 3.66. The van der Waals surface area contributed by atoms with E-state index >= 15 is 0 Å². The van der Waals surface area contributed by atoms with Gasteiger partial charge in [0.2, 0.25) is 0 Å². The number of ether oxygens (including phenoxy) is 2. The lowest BCUT2D eigenvalue weighted by atomic mass is 10.00. The third-order valence-corrected chi connectivity index (χ3v) is 6.28. The Balaban J connectivity index is 1.45. The molecule has 0 amide bonds. The van der Waals surface area contributed by atoms with E-state index in [2.05, 4.69) is 39.1 Å². The number of imidazole rings is 1. The Morgan fingerprint density at radius 3 is 2.77 bits per heavy atom. The molecule has 0 radical (unpaired) electrons. The van der Waals surface area contributed by atoms with Crippen LogP contribution in [-0.2, 0) is 16.0 Å². The second kappa shape index (κ2) is 8.29. The largest absolute Gasteiger partial charge is 0.381 e. The van der Waals surface area contributed by atoms with Gasteiger partial charge in [-0.05, 0) is 18.4 Å². The van der Waals surface area contributed by atoms with E-state index in [1.165, 1.54) is 5.56 Å². The molecule has 3 aromatic rings. The normalized spacial score (nSPS) is 23.4. The van der Waals surface area contributed by atoms with Gasteiger partial charge >= 0.3 is 0 Å². The zero-order valence-corrected chi connectivity index (χ0v) is 17.2. The molecule has 2 aliphatic rings. The lowest BCUT2D eigenvalue weighted by molar-refractivity contribution is 0.0831. The first-order valence-electron chi connectivity index (χ1n) is 10.6. The van der Waals surface area contributed by atoms with Crippen molar-refractivity contribution in [3.63, 3.8) is 0 Å². The van der Waals surface area contributed by atoms with Crippen LogP contribution in [0.3, 0.4) is 0 Å². The molecule has 0 unspecified atom stereocenters. The average molecular weight is 409 g/mol. The van der Waals surface area contributed by atoms with Crippen LogP contribution in [0.4, 0.5) is 0 Å². The van der Waals surface area contributed by atoms with Crippen LogP contribution in [0.5, 0.6) is 0 Å². The van der Waals surface area contributed by atoms with Crippen LogP contribution < -0.4 is 5.56 Å². The monoisotopic (exact) mass is 409 g/mol. The van der Waals surface area contributed by atoms with E-state index < -0.39 is 0 Å². The van der Waals surface area contributed by atoms with E-state index in [-0.39, 0.29) is 23.5 Å². The van der Waals surface area contributed by atoms with E-state index in [1.54, 1.807) is 17.8 Å². The van der Waals surface area contributed by atoms with Gasteiger partial charge in [-0.25, -0.2) is 9.50 Å². The van der Waals surface area contributed by atoms with Crippen molar-refractivity contribution in [2.45, 2.75) is 37.3 Å². The first kappa shape index (κ1) is 19.4. The number of fused-ring (bicyclic) bond motifs is 1. The number of methoxy groups -OCH3 is 1. The molecule has 0 bridgehead atoms. The van der Waals surface area contributed by atoms with Crippen molar-refractivity contribution < 1.29 is 9.47 Å². The number of hydrogen-bond acceptors (Lipinski definition) is 6. The van der Waals surface area contributed by atoms with Gasteiger partial charge in [-0.15, -0.1) is 0 Å². The van der Waals surface area contributed by atoms with Gasteiger partial charge < -0.3 is 14.5 Å². The maximum atomic E-state index is 12.8. The predicted molar refractivity (Wildman–Crippen MR) is 112 cm³/mol. The van der Waals surface area contributed by atoms with Crippen LogP contribution >= 0.6 is 0 Å². The lowest BCUT2D eigenvalue weighted by Gasteiger charge is -2.21. The molecule has 0 spiro atoms. The predicted octanol–water partition coefficient (Wildman–Crippen LogP) is 1.93. The van der Waals surface area contributed by atoms with Gasteiger partial charge in [0.25, 0.3) is 5.56 Å². The molecule has 5 rings (SSSR count). The Kier molecular flexibility index (Phi) is 5.37. The molecule has 4 heterocycles. The first-order chi connectivity index (χ1) is 14.7. The second-order valence-electron chi connectivity index (χ2n) is 8.20. The van der Waals surface area contributed by atoms with Crippen LogP contribution in [0, 0.1) is 0 Å². The Bertz CT molecular complexity index is 1060. The average Bonchev–Trinajstić information content (AvgIpc) is 3.39. The smallest absolute Gasteiger partial charge is 0.276 e. The number of rotatable bonds is 5. The van der Waals surface area contributed by atoms with E-state index in [4.69, 9.17) is 14.6 Å². The Hall–Kier alpha value is -2.55. The Morgan fingerprint density at radius 2 is 2.00 bits per heavy atom. The van der Waals surface area contributed by atoms with E-state index in [1.807, 2.05) is 6.07 Å². The molecule has 0 saturated carbocycles. The molecule has 30 heavy (non-hydrogen) atoms. The van der Waals surface area contributed by atoms with Crippen LogP contribution in [0.25, 0.3) is 5.52 Å². The SMILES string of the molecule is CO[C@@H]1CN(Cc2ccccc2)C[C@H]1c1nn2c(C3CCOCC3)ncc2c(=O)[nH]1. The van der Waals surface area contributed by atoms with Gasteiger partial charge in [-0.2, -0.15) is 5.10 Å². The van der Waals surface area contributed by atoms with E-state index in [0.29, 0.717) is 11.3 Å². The number of benzene rings is 1. The summed E-state index contributed by atoms with van der Waals surface area (Å²) in [5, 5.41) is 4.84. The second-order valence-corrected chi connectivity index (χ2v) is 8.20. The van der Waals surface area contributed by atoms with Crippen molar-refractivity contribution >= 4 is 5.52 Å². The van der Waals surface area contributed by atoms with Gasteiger partial charge in [0.05, 0.1) is 18.2 Å². The highest BCUT2D eigenvalue weighted by Gasteiger charge is 2.36. The van der Waals surface area contributed by atoms with Crippen molar-refractivity contribution in [1.29, 1.82) is 0 Å². The summed E-state index contributed by atoms with van der Waals surface area (Å²) in [5.74, 6) is 1.79. The Morgan fingerprint density at radius 1 is 1.20 bits per heavy atom. The van der Waals surface area contributed by atoms with Crippen molar-refractivity contribution in [3.8, 4) is 0 Å². The molecule has 2 saturated heterocycles. The summed E-state index contributed by atoms with van der Waals surface area (Å²) in [6, 6.07) is 10.4. The van der Waals surface area contributed by atoms with E-state index in [0.717, 1.165) is 51.5 Å². The number of aromatic nitrogens is 4. The Labute approximate surface area is 174 Å². The molecule has 8 heteroatoms. The number of H-pyrrole nitrogens is 1. The minimum Gasteiger partial charge on any atom is -0.381 e. The van der Waals surface area contributed by atoms with Crippen LogP contribution in [-0.4, -0.2) is 64.0 Å². The zero-order valence-electron chi connectivity index (χ0n) is 17.2. The molecule has 1 aromatic carbocycles. The van der Waals surface area contributed by atoms with Crippen molar-refractivity contribution in [2.75, 3.05) is 33.4 Å². The molecular weight excluding hydrogens is 382 g/mol. The maximum Gasteiger partial charge on any atom is 0.276 e. The molecule has 2 aliphatic heterocycles. The fourth-order valence-corrected chi connectivity index (χ4v) is 4.66. The fraction of sp³-hybridized carbons (Fsp3) is 0.500. The number of hydrogen-bond donors (Lipinski definition) is 1. The highest BCUT2D eigenvalue weighted by atomic mass is 16.5. The van der Waals surface area contributed by atoms with Gasteiger partial charge in [0.15, 0.2) is 5.52 Å². The van der Waals surface area contributed by atoms with E-state index in [9.17, 15) is 4.79 Å². The van der Waals surface area contributed by atoms with Gasteiger partial charge in [0, 0.05) is 45.9 Å². The molecular formula is C22H27N5O3. The highest BCUT2D eigenvalue weighted by Crippen LogP contribution is 2.29.